The average molecular weight is 393 g/mol. The molecule has 0 bridgehead atoms. The molecule has 0 rings (SSSR count). The normalized spacial score (nSPS) is 11.8. The number of allylic oxidation sites excluding steroid dienone is 4. The first kappa shape index (κ1) is 27.0. The fraction of sp³-hybridized carbons (Fsp3) is 0.808. The number of unbranched alkanes of at least 4 members (excludes halogenated alkanes) is 16. The summed E-state index contributed by atoms with van der Waals surface area (Å²) < 4.78 is 0. The maximum atomic E-state index is 10.4. The Balaban J connectivity index is 3.13. The molecular weight excluding hydrogens is 344 g/mol. The van der Waals surface area contributed by atoms with Gasteiger partial charge in [-0.3, -0.25) is 4.79 Å². The Morgan fingerprint density at radius 1 is 0.571 bits per heavy atom. The van der Waals surface area contributed by atoms with Gasteiger partial charge in [0.2, 0.25) is 0 Å². The van der Waals surface area contributed by atoms with Crippen LogP contribution in [0, 0.1) is 0 Å². The smallest absolute Gasteiger partial charge is 0.303 e. The number of rotatable bonds is 22. The van der Waals surface area contributed by atoms with E-state index in [4.69, 9.17) is 5.11 Å². The van der Waals surface area contributed by atoms with Crippen LogP contribution in [0.15, 0.2) is 24.3 Å². The van der Waals surface area contributed by atoms with Crippen molar-refractivity contribution in [3.8, 4) is 0 Å². The molecule has 0 aliphatic heterocycles. The second-order valence-corrected chi connectivity index (χ2v) is 8.20. The summed E-state index contributed by atoms with van der Waals surface area (Å²) in [6, 6.07) is 0. The van der Waals surface area contributed by atoms with E-state index >= 15 is 0 Å². The zero-order chi connectivity index (χ0) is 20.5. The molecule has 0 radical (unpaired) electrons. The summed E-state index contributed by atoms with van der Waals surface area (Å²) in [4.78, 5) is 10.4. The van der Waals surface area contributed by atoms with E-state index in [1.165, 1.54) is 103 Å². The van der Waals surface area contributed by atoms with Gasteiger partial charge in [-0.1, -0.05) is 115 Å². The van der Waals surface area contributed by atoms with Crippen molar-refractivity contribution >= 4 is 5.97 Å². The molecule has 164 valence electrons. The van der Waals surface area contributed by atoms with Crippen LogP contribution in [0.25, 0.3) is 0 Å². The Labute approximate surface area is 175 Å². The van der Waals surface area contributed by atoms with Gasteiger partial charge < -0.3 is 5.11 Å². The highest BCUT2D eigenvalue weighted by Crippen LogP contribution is 2.13. The van der Waals surface area contributed by atoms with Crippen molar-refractivity contribution in [1.29, 1.82) is 0 Å². The van der Waals surface area contributed by atoms with E-state index in [1.807, 2.05) is 0 Å². The van der Waals surface area contributed by atoms with Crippen LogP contribution in [0.4, 0.5) is 0 Å². The minimum Gasteiger partial charge on any atom is -0.481 e. The van der Waals surface area contributed by atoms with Crippen LogP contribution in [0.2, 0.25) is 0 Å². The second kappa shape index (κ2) is 24.0. The average Bonchev–Trinajstić information content (AvgIpc) is 2.68. The lowest BCUT2D eigenvalue weighted by Gasteiger charge is -2.02. The third-order valence-corrected chi connectivity index (χ3v) is 5.34. The second-order valence-electron chi connectivity index (χ2n) is 8.20. The molecule has 0 atom stereocenters. The van der Waals surface area contributed by atoms with Crippen LogP contribution in [0.3, 0.4) is 0 Å². The summed E-state index contributed by atoms with van der Waals surface area (Å²) in [6.45, 7) is 2.26. The van der Waals surface area contributed by atoms with Crippen molar-refractivity contribution in [3.05, 3.63) is 24.3 Å². The van der Waals surface area contributed by atoms with Crippen LogP contribution < -0.4 is 0 Å². The van der Waals surface area contributed by atoms with Gasteiger partial charge in [-0.05, 0) is 38.5 Å². The Morgan fingerprint density at radius 3 is 1.39 bits per heavy atom. The van der Waals surface area contributed by atoms with Crippen LogP contribution in [-0.4, -0.2) is 11.1 Å². The quantitative estimate of drug-likeness (QED) is 0.147. The van der Waals surface area contributed by atoms with Gasteiger partial charge >= 0.3 is 5.97 Å². The van der Waals surface area contributed by atoms with Crippen LogP contribution >= 0.6 is 0 Å². The maximum Gasteiger partial charge on any atom is 0.303 e. The zero-order valence-electron chi connectivity index (χ0n) is 18.8. The van der Waals surface area contributed by atoms with E-state index in [0.717, 1.165) is 19.3 Å². The summed E-state index contributed by atoms with van der Waals surface area (Å²) >= 11 is 0. The molecule has 0 heterocycles. The molecule has 0 aliphatic carbocycles. The highest BCUT2D eigenvalue weighted by molar-refractivity contribution is 5.66. The molecule has 0 spiro atoms. The SMILES string of the molecule is CCCCCC/C=C\C/C=C\CCCCCCCCCCCCCCC(=O)O. The predicted octanol–water partition coefficient (Wildman–Crippen LogP) is 9.01. The summed E-state index contributed by atoms with van der Waals surface area (Å²) in [5, 5.41) is 8.58. The van der Waals surface area contributed by atoms with E-state index in [1.54, 1.807) is 0 Å². The lowest BCUT2D eigenvalue weighted by atomic mass is 10.0. The first-order chi connectivity index (χ1) is 13.8. The predicted molar refractivity (Wildman–Crippen MR) is 124 cm³/mol. The van der Waals surface area contributed by atoms with Gasteiger partial charge in [0.05, 0.1) is 0 Å². The standard InChI is InChI=1S/C26H48O2/c1-2-3-4-5-6-7-8-9-10-11-12-13-14-15-16-17-18-19-20-21-22-23-24-25-26(27)28/h7-8,10-11H,2-6,9,12-25H2,1H3,(H,27,28)/b8-7-,11-10-. The van der Waals surface area contributed by atoms with Crippen molar-refractivity contribution in [2.24, 2.45) is 0 Å². The third-order valence-electron chi connectivity index (χ3n) is 5.34. The van der Waals surface area contributed by atoms with Crippen molar-refractivity contribution in [2.75, 3.05) is 0 Å². The highest BCUT2D eigenvalue weighted by atomic mass is 16.4. The van der Waals surface area contributed by atoms with Crippen LogP contribution in [-0.2, 0) is 4.79 Å². The van der Waals surface area contributed by atoms with E-state index in [-0.39, 0.29) is 0 Å². The van der Waals surface area contributed by atoms with Gasteiger partial charge in [0.1, 0.15) is 0 Å². The number of carboxylic acid groups (broad SMARTS) is 1. The van der Waals surface area contributed by atoms with Crippen molar-refractivity contribution in [1.82, 2.24) is 0 Å². The third kappa shape index (κ3) is 24.9. The summed E-state index contributed by atoms with van der Waals surface area (Å²) in [6.07, 6.45) is 34.1. The number of aliphatic carboxylic acids is 1. The van der Waals surface area contributed by atoms with E-state index < -0.39 is 5.97 Å². The number of hydrogen-bond acceptors (Lipinski definition) is 1. The first-order valence-electron chi connectivity index (χ1n) is 12.3. The van der Waals surface area contributed by atoms with Crippen LogP contribution in [0.1, 0.15) is 135 Å². The largest absolute Gasteiger partial charge is 0.481 e. The van der Waals surface area contributed by atoms with Gasteiger partial charge in [0.25, 0.3) is 0 Å². The van der Waals surface area contributed by atoms with Gasteiger partial charge in [0, 0.05) is 6.42 Å². The van der Waals surface area contributed by atoms with Gasteiger partial charge in [0.15, 0.2) is 0 Å². The van der Waals surface area contributed by atoms with E-state index in [2.05, 4.69) is 31.2 Å². The van der Waals surface area contributed by atoms with Crippen molar-refractivity contribution in [3.63, 3.8) is 0 Å². The Hall–Kier alpha value is -1.05. The highest BCUT2D eigenvalue weighted by Gasteiger charge is 1.97. The molecule has 0 aliphatic rings. The molecule has 28 heavy (non-hydrogen) atoms. The Kier molecular flexibility index (Phi) is 23.1. The molecule has 0 aromatic heterocycles. The van der Waals surface area contributed by atoms with Crippen molar-refractivity contribution in [2.45, 2.75) is 135 Å². The zero-order valence-corrected chi connectivity index (χ0v) is 18.8. The summed E-state index contributed by atoms with van der Waals surface area (Å²) in [5.41, 5.74) is 0. The molecule has 0 saturated carbocycles. The lowest BCUT2D eigenvalue weighted by Crippen LogP contribution is -1.93. The maximum absolute atomic E-state index is 10.4. The fourth-order valence-electron chi connectivity index (χ4n) is 3.50. The summed E-state index contributed by atoms with van der Waals surface area (Å²) in [5.74, 6) is -0.656. The van der Waals surface area contributed by atoms with Gasteiger partial charge in [-0.2, -0.15) is 0 Å². The molecule has 0 aromatic carbocycles. The monoisotopic (exact) mass is 392 g/mol. The summed E-state index contributed by atoms with van der Waals surface area (Å²) in [7, 11) is 0. The Bertz CT molecular complexity index is 371. The molecule has 0 unspecified atom stereocenters. The molecule has 2 heteroatoms. The topological polar surface area (TPSA) is 37.3 Å². The molecule has 0 aromatic rings. The molecule has 0 saturated heterocycles. The van der Waals surface area contributed by atoms with E-state index in [0.29, 0.717) is 6.42 Å². The van der Waals surface area contributed by atoms with Crippen LogP contribution in [0.5, 0.6) is 0 Å². The number of carboxylic acids is 1. The lowest BCUT2D eigenvalue weighted by molar-refractivity contribution is -0.137. The molecule has 0 fully saturated rings. The van der Waals surface area contributed by atoms with E-state index in [9.17, 15) is 4.79 Å². The minimum absolute atomic E-state index is 0.339. The number of hydrogen-bond donors (Lipinski definition) is 1. The molecule has 2 nitrogen and oxygen atoms in total. The number of carbonyl (C=O) groups is 1. The van der Waals surface area contributed by atoms with Crippen molar-refractivity contribution < 1.29 is 9.90 Å². The Morgan fingerprint density at radius 2 is 0.964 bits per heavy atom. The van der Waals surface area contributed by atoms with Gasteiger partial charge in [-0.15, -0.1) is 0 Å². The molecule has 0 amide bonds. The van der Waals surface area contributed by atoms with Gasteiger partial charge in [-0.25, -0.2) is 0 Å². The molecular formula is C26H48O2. The first-order valence-corrected chi connectivity index (χ1v) is 12.3. The minimum atomic E-state index is -0.656. The fourth-order valence-corrected chi connectivity index (χ4v) is 3.50. The molecule has 1 N–H and O–H groups in total.